The molecule has 0 spiro atoms. The highest BCUT2D eigenvalue weighted by atomic mass is 16.7. The lowest BCUT2D eigenvalue weighted by molar-refractivity contribution is -0.384. The van der Waals surface area contributed by atoms with Gasteiger partial charge in [-0.2, -0.15) is 0 Å². The predicted octanol–water partition coefficient (Wildman–Crippen LogP) is 3.34. The maximum atomic E-state index is 12.2. The van der Waals surface area contributed by atoms with Gasteiger partial charge in [-0.15, -0.1) is 0 Å². The van der Waals surface area contributed by atoms with E-state index in [1.807, 2.05) is 6.92 Å². The summed E-state index contributed by atoms with van der Waals surface area (Å²) in [5.41, 5.74) is 1.12. The van der Waals surface area contributed by atoms with Crippen molar-refractivity contribution < 1.29 is 24.0 Å². The summed E-state index contributed by atoms with van der Waals surface area (Å²) < 4.78 is 10.9. The fraction of sp³-hybridized carbons (Fsp3) is 0.222. The molecule has 0 aromatic heterocycles. The van der Waals surface area contributed by atoms with Gasteiger partial charge in [-0.05, 0) is 25.1 Å². The zero-order chi connectivity index (χ0) is 18.7. The molecule has 2 aromatic rings. The quantitative estimate of drug-likeness (QED) is 0.473. The molecule has 8 nitrogen and oxygen atoms in total. The molecule has 0 unspecified atom stereocenters. The number of oxime groups is 1. The largest absolute Gasteiger partial charge is 0.497 e. The lowest BCUT2D eigenvalue weighted by atomic mass is 10.0. The van der Waals surface area contributed by atoms with Gasteiger partial charge in [-0.3, -0.25) is 10.1 Å². The molecule has 0 N–H and O–H groups in total. The van der Waals surface area contributed by atoms with E-state index in [9.17, 15) is 14.9 Å². The smallest absolute Gasteiger partial charge is 0.365 e. The number of hydrogen-bond acceptors (Lipinski definition) is 7. The number of methoxy groups -OCH3 is 1. The molecule has 0 bridgehead atoms. The van der Waals surface area contributed by atoms with Crippen LogP contribution in [0.4, 0.5) is 5.69 Å². The van der Waals surface area contributed by atoms with Crippen LogP contribution in [0.15, 0.2) is 47.6 Å². The minimum Gasteiger partial charge on any atom is -0.497 e. The number of benzene rings is 2. The van der Waals surface area contributed by atoms with Crippen molar-refractivity contribution in [2.45, 2.75) is 19.4 Å². The number of nitrogens with zero attached hydrogens (tertiary/aromatic N) is 2. The Hall–Kier alpha value is -3.42. The fourth-order valence-corrected chi connectivity index (χ4v) is 2.59. The Labute approximate surface area is 149 Å². The van der Waals surface area contributed by atoms with Crippen LogP contribution in [0, 0.1) is 10.1 Å². The molecular formula is C18H16N2O6. The monoisotopic (exact) mass is 356 g/mol. The third-order valence-corrected chi connectivity index (χ3v) is 3.84. The third-order valence-electron chi connectivity index (χ3n) is 3.84. The second-order valence-corrected chi connectivity index (χ2v) is 5.72. The molecular weight excluding hydrogens is 340 g/mol. The normalized spacial score (nSPS) is 17.2. The molecule has 3 rings (SSSR count). The molecule has 1 atom stereocenters. The topological polar surface area (TPSA) is 100 Å². The Bertz CT molecular complexity index is 893. The Balaban J connectivity index is 1.83. The Kier molecular flexibility index (Phi) is 4.83. The van der Waals surface area contributed by atoms with E-state index in [0.29, 0.717) is 29.2 Å². The maximum Gasteiger partial charge on any atom is 0.365 e. The zero-order valence-corrected chi connectivity index (χ0v) is 14.2. The van der Waals surface area contributed by atoms with Crippen molar-refractivity contribution in [1.29, 1.82) is 0 Å². The number of hydrogen-bond donors (Lipinski definition) is 0. The predicted molar refractivity (Wildman–Crippen MR) is 92.7 cm³/mol. The molecule has 1 aliphatic rings. The summed E-state index contributed by atoms with van der Waals surface area (Å²) in [7, 11) is 1.56. The van der Waals surface area contributed by atoms with E-state index < -0.39 is 10.9 Å². The molecule has 134 valence electrons. The van der Waals surface area contributed by atoms with Gasteiger partial charge in [0, 0.05) is 30.2 Å². The molecule has 0 amide bonds. The molecule has 0 aliphatic carbocycles. The van der Waals surface area contributed by atoms with Gasteiger partial charge in [-0.1, -0.05) is 11.2 Å². The highest BCUT2D eigenvalue weighted by Gasteiger charge is 2.24. The van der Waals surface area contributed by atoms with Gasteiger partial charge in [0.1, 0.15) is 17.6 Å². The van der Waals surface area contributed by atoms with Gasteiger partial charge in [0.2, 0.25) is 0 Å². The van der Waals surface area contributed by atoms with E-state index in [2.05, 4.69) is 5.16 Å². The Morgan fingerprint density at radius 1 is 1.31 bits per heavy atom. The summed E-state index contributed by atoms with van der Waals surface area (Å²) in [4.78, 5) is 27.4. The first-order chi connectivity index (χ1) is 12.5. The van der Waals surface area contributed by atoms with Gasteiger partial charge in [0.05, 0.1) is 23.3 Å². The maximum absolute atomic E-state index is 12.2. The summed E-state index contributed by atoms with van der Waals surface area (Å²) >= 11 is 0. The molecule has 0 saturated heterocycles. The summed E-state index contributed by atoms with van der Waals surface area (Å²) in [6.45, 7) is 1.88. The lowest BCUT2D eigenvalue weighted by Crippen LogP contribution is -2.25. The molecule has 1 aliphatic heterocycles. The van der Waals surface area contributed by atoms with Crippen LogP contribution >= 0.6 is 0 Å². The van der Waals surface area contributed by atoms with Gasteiger partial charge < -0.3 is 14.3 Å². The van der Waals surface area contributed by atoms with E-state index in [-0.39, 0.29) is 17.4 Å². The summed E-state index contributed by atoms with van der Waals surface area (Å²) in [6, 6.07) is 10.6. The first-order valence-electron chi connectivity index (χ1n) is 7.85. The first-order valence-corrected chi connectivity index (χ1v) is 7.85. The average Bonchev–Trinajstić information content (AvgIpc) is 2.65. The summed E-state index contributed by atoms with van der Waals surface area (Å²) in [5, 5.41) is 14.8. The minimum absolute atomic E-state index is 0.0543. The number of carbonyl (C=O) groups excluding carboxylic acids is 1. The van der Waals surface area contributed by atoms with E-state index in [1.165, 1.54) is 18.2 Å². The van der Waals surface area contributed by atoms with Crippen molar-refractivity contribution >= 4 is 17.4 Å². The van der Waals surface area contributed by atoms with Crippen molar-refractivity contribution in [3.8, 4) is 11.5 Å². The summed E-state index contributed by atoms with van der Waals surface area (Å²) in [6.07, 6.45) is 0.312. The van der Waals surface area contributed by atoms with Crippen LogP contribution in [0.1, 0.15) is 29.3 Å². The van der Waals surface area contributed by atoms with Crippen LogP contribution < -0.4 is 9.47 Å². The second-order valence-electron chi connectivity index (χ2n) is 5.72. The SMILES string of the molecule is COc1ccc2c(c1)O[C@@H](C)C/C2=N\OC(=O)c1cccc([N+](=O)[O-])c1. The van der Waals surface area contributed by atoms with E-state index in [0.717, 1.165) is 6.07 Å². The number of rotatable bonds is 4. The number of carbonyl (C=O) groups is 1. The van der Waals surface area contributed by atoms with E-state index >= 15 is 0 Å². The van der Waals surface area contributed by atoms with Crippen molar-refractivity contribution in [3.05, 3.63) is 63.7 Å². The van der Waals surface area contributed by atoms with Crippen LogP contribution in [0.5, 0.6) is 11.5 Å². The number of non-ortho nitro benzene ring substituents is 1. The van der Waals surface area contributed by atoms with Crippen molar-refractivity contribution in [1.82, 2.24) is 0 Å². The molecule has 8 heteroatoms. The van der Waals surface area contributed by atoms with Gasteiger partial charge >= 0.3 is 5.97 Å². The molecule has 0 saturated carbocycles. The first kappa shape index (κ1) is 17.4. The second kappa shape index (κ2) is 7.22. The van der Waals surface area contributed by atoms with Crippen LogP contribution in [-0.4, -0.2) is 29.8 Å². The standard InChI is InChI=1S/C18H16N2O6/c1-11-8-16(15-7-6-14(24-2)10-17(15)25-11)19-26-18(21)12-4-3-5-13(9-12)20(22)23/h3-7,9-11H,8H2,1-2H3/b19-16+/t11-/m0/s1. The van der Waals surface area contributed by atoms with Gasteiger partial charge in [0.15, 0.2) is 0 Å². The third kappa shape index (κ3) is 3.64. The highest BCUT2D eigenvalue weighted by molar-refractivity contribution is 6.04. The van der Waals surface area contributed by atoms with Gasteiger partial charge in [-0.25, -0.2) is 4.79 Å². The molecule has 0 radical (unpaired) electrons. The van der Waals surface area contributed by atoms with Crippen LogP contribution in [0.2, 0.25) is 0 Å². The Morgan fingerprint density at radius 2 is 2.12 bits per heavy atom. The Morgan fingerprint density at radius 3 is 2.85 bits per heavy atom. The fourth-order valence-electron chi connectivity index (χ4n) is 2.59. The van der Waals surface area contributed by atoms with E-state index in [4.69, 9.17) is 14.3 Å². The van der Waals surface area contributed by atoms with Crippen LogP contribution in [0.25, 0.3) is 0 Å². The number of fused-ring (bicyclic) bond motifs is 1. The van der Waals surface area contributed by atoms with Crippen LogP contribution in [-0.2, 0) is 4.84 Å². The van der Waals surface area contributed by atoms with Gasteiger partial charge in [0.25, 0.3) is 5.69 Å². The minimum atomic E-state index is -0.768. The summed E-state index contributed by atoms with van der Waals surface area (Å²) in [5.74, 6) is 0.467. The zero-order valence-electron chi connectivity index (χ0n) is 14.2. The van der Waals surface area contributed by atoms with Crippen molar-refractivity contribution in [3.63, 3.8) is 0 Å². The van der Waals surface area contributed by atoms with Crippen molar-refractivity contribution in [2.24, 2.45) is 5.16 Å². The number of nitro benzene ring substituents is 1. The average molecular weight is 356 g/mol. The molecule has 26 heavy (non-hydrogen) atoms. The molecule has 1 heterocycles. The molecule has 2 aromatic carbocycles. The van der Waals surface area contributed by atoms with E-state index in [1.54, 1.807) is 25.3 Å². The van der Waals surface area contributed by atoms with Crippen molar-refractivity contribution in [2.75, 3.05) is 7.11 Å². The van der Waals surface area contributed by atoms with Crippen LogP contribution in [0.3, 0.4) is 0 Å². The number of nitro groups is 1. The molecule has 0 fully saturated rings. The number of ether oxygens (including phenoxy) is 2. The highest BCUT2D eigenvalue weighted by Crippen LogP contribution is 2.31. The lowest BCUT2D eigenvalue weighted by Gasteiger charge is -2.24.